The Hall–Kier alpha value is -2.63. The number of rotatable bonds is 3. The largest absolute Gasteiger partial charge is 0.464 e. The van der Waals surface area contributed by atoms with Crippen LogP contribution in [0.4, 0.5) is 0 Å². The van der Waals surface area contributed by atoms with Crippen molar-refractivity contribution in [1.82, 2.24) is 15.0 Å². The number of piperidine rings is 1. The highest BCUT2D eigenvalue weighted by Gasteiger charge is 2.27. The van der Waals surface area contributed by atoms with Crippen molar-refractivity contribution in [3.8, 4) is 0 Å². The Kier molecular flexibility index (Phi) is 4.03. The lowest BCUT2D eigenvalue weighted by atomic mass is 9.96. The molecule has 0 spiro atoms. The third-order valence-electron chi connectivity index (χ3n) is 4.95. The van der Waals surface area contributed by atoms with Gasteiger partial charge >= 0.3 is 0 Å². The summed E-state index contributed by atoms with van der Waals surface area (Å²) >= 11 is 0. The summed E-state index contributed by atoms with van der Waals surface area (Å²) in [6.45, 7) is 5.53. The minimum atomic E-state index is 0.121. The van der Waals surface area contributed by atoms with E-state index >= 15 is 0 Å². The Morgan fingerprint density at radius 3 is 3.04 bits per heavy atom. The first kappa shape index (κ1) is 15.9. The third kappa shape index (κ3) is 3.04. The van der Waals surface area contributed by atoms with E-state index in [-0.39, 0.29) is 11.8 Å². The first-order valence-electron chi connectivity index (χ1n) is 8.63. The van der Waals surface area contributed by atoms with Gasteiger partial charge in [-0.2, -0.15) is 4.98 Å². The first-order chi connectivity index (χ1) is 12.1. The maximum Gasteiger partial charge on any atom is 0.227 e. The Labute approximate surface area is 145 Å². The number of hydrogen-bond donors (Lipinski definition) is 0. The monoisotopic (exact) mass is 339 g/mol. The van der Waals surface area contributed by atoms with Gasteiger partial charge in [0, 0.05) is 30.0 Å². The highest BCUT2D eigenvalue weighted by molar-refractivity contribution is 5.90. The van der Waals surface area contributed by atoms with Crippen molar-refractivity contribution in [3.05, 3.63) is 47.3 Å². The quantitative estimate of drug-likeness (QED) is 0.731. The first-order valence-corrected chi connectivity index (χ1v) is 8.63. The van der Waals surface area contributed by atoms with Crippen LogP contribution >= 0.6 is 0 Å². The van der Waals surface area contributed by atoms with E-state index < -0.39 is 0 Å². The minimum Gasteiger partial charge on any atom is -0.464 e. The molecular formula is C19H21N3O3. The number of benzene rings is 1. The number of carbonyl (C=O) groups excluding carboxylic acids is 1. The molecule has 2 aromatic heterocycles. The Morgan fingerprint density at radius 1 is 1.36 bits per heavy atom. The van der Waals surface area contributed by atoms with Crippen LogP contribution in [0.2, 0.25) is 0 Å². The molecule has 0 aliphatic carbocycles. The summed E-state index contributed by atoms with van der Waals surface area (Å²) in [7, 11) is 0. The zero-order valence-corrected chi connectivity index (χ0v) is 14.5. The molecule has 130 valence electrons. The van der Waals surface area contributed by atoms with Gasteiger partial charge in [-0.25, -0.2) is 0 Å². The van der Waals surface area contributed by atoms with Gasteiger partial charge in [-0.3, -0.25) is 4.79 Å². The molecule has 3 aromatic rings. The van der Waals surface area contributed by atoms with Crippen LogP contribution in [-0.2, 0) is 11.2 Å². The summed E-state index contributed by atoms with van der Waals surface area (Å²) in [4.78, 5) is 18.9. The predicted octanol–water partition coefficient (Wildman–Crippen LogP) is 3.38. The van der Waals surface area contributed by atoms with Gasteiger partial charge in [-0.05, 0) is 43.9 Å². The molecule has 1 aliphatic rings. The molecule has 0 N–H and O–H groups in total. The molecular weight excluding hydrogens is 318 g/mol. The average Bonchev–Trinajstić information content (AvgIpc) is 3.25. The van der Waals surface area contributed by atoms with Crippen molar-refractivity contribution in [3.63, 3.8) is 0 Å². The van der Waals surface area contributed by atoms with Crippen LogP contribution in [-0.4, -0.2) is 34.0 Å². The summed E-state index contributed by atoms with van der Waals surface area (Å²) < 4.78 is 10.5. The van der Waals surface area contributed by atoms with Crippen LogP contribution < -0.4 is 0 Å². The number of hydrogen-bond acceptors (Lipinski definition) is 5. The van der Waals surface area contributed by atoms with E-state index in [1.165, 1.54) is 6.39 Å². The standard InChI is InChI=1S/C19H21N3O3/c1-12-6-13(2)18-15(10-24-16(18)7-12)8-17(23)22-5-3-4-14(9-22)19-20-11-25-21-19/h6-7,10-11,14H,3-5,8-9H2,1-2H3/t14-/m0/s1. The number of fused-ring (bicyclic) bond motifs is 1. The van der Waals surface area contributed by atoms with Crippen LogP contribution in [0.5, 0.6) is 0 Å². The number of nitrogens with zero attached hydrogens (tertiary/aromatic N) is 3. The van der Waals surface area contributed by atoms with Crippen LogP contribution in [0.25, 0.3) is 11.0 Å². The van der Waals surface area contributed by atoms with E-state index in [2.05, 4.69) is 23.1 Å². The fourth-order valence-corrected chi connectivity index (χ4v) is 3.80. The molecule has 3 heterocycles. The minimum absolute atomic E-state index is 0.121. The van der Waals surface area contributed by atoms with Crippen molar-refractivity contribution < 1.29 is 13.7 Å². The topological polar surface area (TPSA) is 72.4 Å². The zero-order chi connectivity index (χ0) is 17.4. The maximum absolute atomic E-state index is 12.8. The van der Waals surface area contributed by atoms with E-state index in [0.717, 1.165) is 47.0 Å². The van der Waals surface area contributed by atoms with Gasteiger partial charge in [-0.1, -0.05) is 11.2 Å². The van der Waals surface area contributed by atoms with Gasteiger partial charge in [0.25, 0.3) is 0 Å². The lowest BCUT2D eigenvalue weighted by Gasteiger charge is -2.31. The second kappa shape index (κ2) is 6.35. The number of carbonyl (C=O) groups is 1. The smallest absolute Gasteiger partial charge is 0.227 e. The Balaban J connectivity index is 1.52. The van der Waals surface area contributed by atoms with E-state index in [9.17, 15) is 4.79 Å². The molecule has 0 bridgehead atoms. The van der Waals surface area contributed by atoms with E-state index in [1.807, 2.05) is 17.9 Å². The predicted molar refractivity (Wildman–Crippen MR) is 92.2 cm³/mol. The molecule has 1 saturated heterocycles. The van der Waals surface area contributed by atoms with E-state index in [1.54, 1.807) is 6.26 Å². The number of aromatic nitrogens is 2. The summed E-state index contributed by atoms with van der Waals surface area (Å²) in [5, 5.41) is 4.99. The number of amides is 1. The second-order valence-corrected chi connectivity index (χ2v) is 6.86. The Morgan fingerprint density at radius 2 is 2.24 bits per heavy atom. The normalized spacial score (nSPS) is 18.0. The zero-order valence-electron chi connectivity index (χ0n) is 14.5. The van der Waals surface area contributed by atoms with Crippen LogP contribution in [0.1, 0.15) is 41.3 Å². The molecule has 6 heteroatoms. The van der Waals surface area contributed by atoms with Gasteiger partial charge in [-0.15, -0.1) is 0 Å². The van der Waals surface area contributed by atoms with E-state index in [0.29, 0.717) is 18.8 Å². The van der Waals surface area contributed by atoms with Crippen molar-refractivity contribution in [2.75, 3.05) is 13.1 Å². The van der Waals surface area contributed by atoms with Gasteiger partial charge in [0.05, 0.1) is 12.7 Å². The molecule has 1 amide bonds. The highest BCUT2D eigenvalue weighted by atomic mass is 16.5. The Bertz CT molecular complexity index is 898. The van der Waals surface area contributed by atoms with Crippen molar-refractivity contribution in [2.24, 2.45) is 0 Å². The molecule has 0 saturated carbocycles. The van der Waals surface area contributed by atoms with Crippen LogP contribution in [0.15, 0.2) is 33.7 Å². The molecule has 25 heavy (non-hydrogen) atoms. The number of aryl methyl sites for hydroxylation is 2. The molecule has 1 atom stereocenters. The molecule has 0 unspecified atom stereocenters. The van der Waals surface area contributed by atoms with E-state index in [4.69, 9.17) is 8.94 Å². The van der Waals surface area contributed by atoms with Crippen LogP contribution in [0.3, 0.4) is 0 Å². The van der Waals surface area contributed by atoms with Gasteiger partial charge in [0.2, 0.25) is 12.3 Å². The van der Waals surface area contributed by atoms with Crippen molar-refractivity contribution >= 4 is 16.9 Å². The highest BCUT2D eigenvalue weighted by Crippen LogP contribution is 2.28. The van der Waals surface area contributed by atoms with Crippen LogP contribution in [0, 0.1) is 13.8 Å². The molecule has 1 aromatic carbocycles. The summed E-state index contributed by atoms with van der Waals surface area (Å²) in [5.41, 5.74) is 4.12. The molecule has 1 aliphatic heterocycles. The summed E-state index contributed by atoms with van der Waals surface area (Å²) in [6.07, 6.45) is 5.36. The molecule has 6 nitrogen and oxygen atoms in total. The van der Waals surface area contributed by atoms with Gasteiger partial charge in [0.15, 0.2) is 5.82 Å². The lowest BCUT2D eigenvalue weighted by Crippen LogP contribution is -2.40. The summed E-state index contributed by atoms with van der Waals surface area (Å²) in [6, 6.07) is 4.14. The summed E-state index contributed by atoms with van der Waals surface area (Å²) in [5.74, 6) is 0.968. The number of likely N-dealkylation sites (tertiary alicyclic amines) is 1. The fraction of sp³-hybridized carbons (Fsp3) is 0.421. The number of furan rings is 1. The molecule has 0 radical (unpaired) electrons. The lowest BCUT2D eigenvalue weighted by molar-refractivity contribution is -0.131. The maximum atomic E-state index is 12.8. The fourth-order valence-electron chi connectivity index (χ4n) is 3.80. The SMILES string of the molecule is Cc1cc(C)c2c(CC(=O)N3CCC[C@H](c4ncon4)C3)coc2c1. The van der Waals surface area contributed by atoms with Gasteiger partial charge in [0.1, 0.15) is 5.58 Å². The molecule has 4 rings (SSSR count). The third-order valence-corrected chi connectivity index (χ3v) is 4.95. The average molecular weight is 339 g/mol. The van der Waals surface area contributed by atoms with Crippen molar-refractivity contribution in [1.29, 1.82) is 0 Å². The van der Waals surface area contributed by atoms with Crippen molar-refractivity contribution in [2.45, 2.75) is 39.0 Å². The van der Waals surface area contributed by atoms with Gasteiger partial charge < -0.3 is 13.8 Å². The molecule has 1 fully saturated rings. The second-order valence-electron chi connectivity index (χ2n) is 6.86.